The standard InChI is InChI=1S/C14H14FNO2/c1-17-11-6-7-13(16)14(8-11)18-9-10-4-2-3-5-12(10)15/h2-8H,9,16H2,1H3. The fourth-order valence-corrected chi connectivity index (χ4v) is 1.54. The number of halogens is 1. The van der Waals surface area contributed by atoms with Gasteiger partial charge < -0.3 is 15.2 Å². The second kappa shape index (κ2) is 5.40. The molecule has 0 spiro atoms. The lowest BCUT2D eigenvalue weighted by Gasteiger charge is -2.10. The SMILES string of the molecule is COc1ccc(N)c(OCc2ccccc2F)c1. The fourth-order valence-electron chi connectivity index (χ4n) is 1.54. The van der Waals surface area contributed by atoms with Crippen molar-refractivity contribution in [3.63, 3.8) is 0 Å². The van der Waals surface area contributed by atoms with E-state index >= 15 is 0 Å². The van der Waals surface area contributed by atoms with Crippen molar-refractivity contribution in [3.8, 4) is 11.5 Å². The summed E-state index contributed by atoms with van der Waals surface area (Å²) < 4.78 is 24.0. The number of hydrogen-bond donors (Lipinski definition) is 1. The van der Waals surface area contributed by atoms with Crippen LogP contribution in [0.1, 0.15) is 5.56 Å². The second-order valence-corrected chi connectivity index (χ2v) is 3.78. The lowest BCUT2D eigenvalue weighted by molar-refractivity contribution is 0.299. The molecule has 0 unspecified atom stereocenters. The van der Waals surface area contributed by atoms with Crippen LogP contribution in [0.25, 0.3) is 0 Å². The van der Waals surface area contributed by atoms with Gasteiger partial charge >= 0.3 is 0 Å². The van der Waals surface area contributed by atoms with E-state index < -0.39 is 0 Å². The Morgan fingerprint density at radius 3 is 2.67 bits per heavy atom. The summed E-state index contributed by atoms with van der Waals surface area (Å²) in [5.74, 6) is 0.837. The van der Waals surface area contributed by atoms with Crippen molar-refractivity contribution >= 4 is 5.69 Å². The minimum absolute atomic E-state index is 0.129. The number of nitrogens with two attached hydrogens (primary N) is 1. The Kier molecular flexibility index (Phi) is 3.67. The molecule has 0 radical (unpaired) electrons. The molecule has 0 atom stereocenters. The van der Waals surface area contributed by atoms with Gasteiger partial charge in [0.05, 0.1) is 12.8 Å². The highest BCUT2D eigenvalue weighted by Crippen LogP contribution is 2.27. The highest BCUT2D eigenvalue weighted by Gasteiger charge is 2.05. The van der Waals surface area contributed by atoms with Crippen LogP contribution in [0.3, 0.4) is 0 Å². The van der Waals surface area contributed by atoms with E-state index in [4.69, 9.17) is 15.2 Å². The molecule has 0 amide bonds. The summed E-state index contributed by atoms with van der Waals surface area (Å²) in [4.78, 5) is 0. The first kappa shape index (κ1) is 12.2. The van der Waals surface area contributed by atoms with Gasteiger partial charge in [0.15, 0.2) is 0 Å². The zero-order valence-corrected chi connectivity index (χ0v) is 10.0. The third-order valence-electron chi connectivity index (χ3n) is 2.56. The zero-order chi connectivity index (χ0) is 13.0. The second-order valence-electron chi connectivity index (χ2n) is 3.78. The number of methoxy groups -OCH3 is 1. The number of hydrogen-bond acceptors (Lipinski definition) is 3. The van der Waals surface area contributed by atoms with E-state index in [1.54, 1.807) is 43.5 Å². The molecule has 2 N–H and O–H groups in total. The minimum Gasteiger partial charge on any atom is -0.497 e. The van der Waals surface area contributed by atoms with Gasteiger partial charge in [-0.3, -0.25) is 0 Å². The van der Waals surface area contributed by atoms with Crippen molar-refractivity contribution in [2.45, 2.75) is 6.61 Å². The molecule has 0 saturated carbocycles. The van der Waals surface area contributed by atoms with Gasteiger partial charge in [0.1, 0.15) is 23.9 Å². The zero-order valence-electron chi connectivity index (χ0n) is 10.0. The quantitative estimate of drug-likeness (QED) is 0.845. The van der Waals surface area contributed by atoms with Crippen LogP contribution in [-0.2, 0) is 6.61 Å². The molecule has 0 aromatic heterocycles. The molecule has 0 heterocycles. The summed E-state index contributed by atoms with van der Waals surface area (Å²) in [5, 5.41) is 0. The van der Waals surface area contributed by atoms with Crippen LogP contribution in [0.15, 0.2) is 42.5 Å². The van der Waals surface area contributed by atoms with Crippen molar-refractivity contribution in [1.29, 1.82) is 0 Å². The number of benzene rings is 2. The monoisotopic (exact) mass is 247 g/mol. The van der Waals surface area contributed by atoms with E-state index in [0.29, 0.717) is 22.7 Å². The largest absolute Gasteiger partial charge is 0.497 e. The van der Waals surface area contributed by atoms with Gasteiger partial charge in [-0.25, -0.2) is 4.39 Å². The van der Waals surface area contributed by atoms with Crippen LogP contribution >= 0.6 is 0 Å². The summed E-state index contributed by atoms with van der Waals surface area (Å²) in [6.07, 6.45) is 0. The highest BCUT2D eigenvalue weighted by atomic mass is 19.1. The molecule has 4 heteroatoms. The van der Waals surface area contributed by atoms with Gasteiger partial charge in [0.2, 0.25) is 0 Å². The summed E-state index contributed by atoms with van der Waals surface area (Å²) in [5.41, 5.74) is 6.75. The van der Waals surface area contributed by atoms with E-state index in [9.17, 15) is 4.39 Å². The average molecular weight is 247 g/mol. The summed E-state index contributed by atoms with van der Waals surface area (Å²) in [7, 11) is 1.56. The number of nitrogen functional groups attached to an aromatic ring is 1. The van der Waals surface area contributed by atoms with Gasteiger partial charge in [-0.05, 0) is 18.2 Å². The smallest absolute Gasteiger partial charge is 0.146 e. The maximum absolute atomic E-state index is 13.4. The number of rotatable bonds is 4. The lowest BCUT2D eigenvalue weighted by Crippen LogP contribution is -2.01. The van der Waals surface area contributed by atoms with Crippen LogP contribution in [-0.4, -0.2) is 7.11 Å². The Labute approximate surface area is 105 Å². The van der Waals surface area contributed by atoms with E-state index in [-0.39, 0.29) is 12.4 Å². The Morgan fingerprint density at radius 2 is 1.94 bits per heavy atom. The average Bonchev–Trinajstić information content (AvgIpc) is 2.39. The van der Waals surface area contributed by atoms with Gasteiger partial charge in [0.25, 0.3) is 0 Å². The number of ether oxygens (including phenoxy) is 2. The molecule has 0 bridgehead atoms. The van der Waals surface area contributed by atoms with E-state index in [1.807, 2.05) is 0 Å². The van der Waals surface area contributed by atoms with Crippen LogP contribution in [0.2, 0.25) is 0 Å². The maximum Gasteiger partial charge on any atom is 0.146 e. The van der Waals surface area contributed by atoms with Crippen LogP contribution in [0.5, 0.6) is 11.5 Å². The molecule has 0 aliphatic rings. The lowest BCUT2D eigenvalue weighted by atomic mass is 10.2. The normalized spacial score (nSPS) is 10.1. The first-order chi connectivity index (χ1) is 8.70. The van der Waals surface area contributed by atoms with Gasteiger partial charge in [-0.15, -0.1) is 0 Å². The predicted octanol–water partition coefficient (Wildman–Crippen LogP) is 3.00. The Bertz CT molecular complexity index is 543. The molecule has 0 aliphatic carbocycles. The van der Waals surface area contributed by atoms with Crippen molar-refractivity contribution in [1.82, 2.24) is 0 Å². The van der Waals surface area contributed by atoms with Crippen molar-refractivity contribution < 1.29 is 13.9 Å². The Morgan fingerprint density at radius 1 is 1.17 bits per heavy atom. The van der Waals surface area contributed by atoms with Crippen molar-refractivity contribution in [2.24, 2.45) is 0 Å². The first-order valence-electron chi connectivity index (χ1n) is 5.50. The van der Waals surface area contributed by atoms with Gasteiger partial charge in [0, 0.05) is 11.6 Å². The third-order valence-corrected chi connectivity index (χ3v) is 2.56. The molecular weight excluding hydrogens is 233 g/mol. The molecule has 0 saturated heterocycles. The van der Waals surface area contributed by atoms with Crippen LogP contribution < -0.4 is 15.2 Å². The first-order valence-corrected chi connectivity index (χ1v) is 5.50. The van der Waals surface area contributed by atoms with Gasteiger partial charge in [-0.1, -0.05) is 18.2 Å². The topological polar surface area (TPSA) is 44.5 Å². The highest BCUT2D eigenvalue weighted by molar-refractivity contribution is 5.55. The molecular formula is C14H14FNO2. The molecule has 2 aromatic carbocycles. The van der Waals surface area contributed by atoms with Crippen LogP contribution in [0.4, 0.5) is 10.1 Å². The molecule has 3 nitrogen and oxygen atoms in total. The van der Waals surface area contributed by atoms with Crippen molar-refractivity contribution in [2.75, 3.05) is 12.8 Å². The fraction of sp³-hybridized carbons (Fsp3) is 0.143. The third kappa shape index (κ3) is 2.71. The molecule has 2 rings (SSSR count). The van der Waals surface area contributed by atoms with E-state index in [0.717, 1.165) is 0 Å². The Balaban J connectivity index is 2.13. The van der Waals surface area contributed by atoms with Crippen LogP contribution in [0, 0.1) is 5.82 Å². The van der Waals surface area contributed by atoms with E-state index in [1.165, 1.54) is 6.07 Å². The van der Waals surface area contributed by atoms with Gasteiger partial charge in [-0.2, -0.15) is 0 Å². The minimum atomic E-state index is -0.293. The van der Waals surface area contributed by atoms with E-state index in [2.05, 4.69) is 0 Å². The number of anilines is 1. The summed E-state index contributed by atoms with van der Waals surface area (Å²) in [6.45, 7) is 0.129. The molecule has 18 heavy (non-hydrogen) atoms. The predicted molar refractivity (Wildman–Crippen MR) is 68.1 cm³/mol. The molecule has 2 aromatic rings. The maximum atomic E-state index is 13.4. The Hall–Kier alpha value is -2.23. The van der Waals surface area contributed by atoms with Crippen molar-refractivity contribution in [3.05, 3.63) is 53.8 Å². The summed E-state index contributed by atoms with van der Waals surface area (Å²) >= 11 is 0. The molecule has 0 aliphatic heterocycles. The summed E-state index contributed by atoms with van der Waals surface area (Å²) in [6, 6.07) is 11.6. The molecule has 94 valence electrons. The molecule has 0 fully saturated rings.